The van der Waals surface area contributed by atoms with Crippen molar-refractivity contribution in [1.29, 1.82) is 0 Å². The molecule has 0 spiro atoms. The van der Waals surface area contributed by atoms with Crippen molar-refractivity contribution in [3.63, 3.8) is 0 Å². The lowest BCUT2D eigenvalue weighted by Crippen LogP contribution is -2.24. The molecule has 0 atom stereocenters. The number of hydrogen-bond acceptors (Lipinski definition) is 2. The van der Waals surface area contributed by atoms with E-state index in [4.69, 9.17) is 0 Å². The van der Waals surface area contributed by atoms with Crippen molar-refractivity contribution in [3.05, 3.63) is 29.8 Å². The molecule has 1 rings (SSSR count). The number of nitrogens with one attached hydrogen (secondary N) is 1. The molecule has 3 heteroatoms. The van der Waals surface area contributed by atoms with Gasteiger partial charge >= 0.3 is 0 Å². The quantitative estimate of drug-likeness (QED) is 0.577. The first-order valence-electron chi connectivity index (χ1n) is 5.81. The highest BCUT2D eigenvalue weighted by Crippen LogP contribution is 2.08. The summed E-state index contributed by atoms with van der Waals surface area (Å²) in [4.78, 5) is 12.5. The van der Waals surface area contributed by atoms with Gasteiger partial charge in [-0.2, -0.15) is 0 Å². The molecule has 0 saturated heterocycles. The molecule has 0 aromatic heterocycles. The van der Waals surface area contributed by atoms with E-state index >= 15 is 0 Å². The van der Waals surface area contributed by atoms with E-state index < -0.39 is 0 Å². The third-order valence-corrected chi connectivity index (χ3v) is 2.70. The molecule has 1 aromatic rings. The van der Waals surface area contributed by atoms with Gasteiger partial charge in [0.25, 0.3) is 5.91 Å². The summed E-state index contributed by atoms with van der Waals surface area (Å²) in [5.41, 5.74) is 0.683. The van der Waals surface area contributed by atoms with Crippen molar-refractivity contribution < 1.29 is 4.79 Å². The van der Waals surface area contributed by atoms with Crippen LogP contribution in [0.15, 0.2) is 29.2 Å². The molecule has 0 fully saturated rings. The minimum absolute atomic E-state index is 0.00704. The van der Waals surface area contributed by atoms with E-state index in [0.717, 1.165) is 17.9 Å². The van der Waals surface area contributed by atoms with Crippen molar-refractivity contribution in [3.8, 4) is 0 Å². The molecule has 0 radical (unpaired) electrons. The number of thiol groups is 1. The number of rotatable bonds is 6. The number of carbonyl (C=O) groups excluding carboxylic acids is 1. The second-order valence-electron chi connectivity index (χ2n) is 3.87. The van der Waals surface area contributed by atoms with Crippen molar-refractivity contribution in [2.24, 2.45) is 0 Å². The normalized spacial score (nSPS) is 10.1. The van der Waals surface area contributed by atoms with E-state index in [9.17, 15) is 4.79 Å². The van der Waals surface area contributed by atoms with Gasteiger partial charge in [0.15, 0.2) is 0 Å². The molecular formula is C13H19NOS. The molecule has 0 unspecified atom stereocenters. The first-order valence-corrected chi connectivity index (χ1v) is 6.26. The van der Waals surface area contributed by atoms with E-state index in [2.05, 4.69) is 24.9 Å². The number of carbonyl (C=O) groups is 1. The maximum absolute atomic E-state index is 11.7. The first kappa shape index (κ1) is 13.1. The predicted molar refractivity (Wildman–Crippen MR) is 70.2 cm³/mol. The SMILES string of the molecule is CCCCCCNC(=O)c1cccc(S)c1. The number of unbranched alkanes of at least 4 members (excludes halogenated alkanes) is 3. The van der Waals surface area contributed by atoms with Gasteiger partial charge in [-0.15, -0.1) is 12.6 Å². The number of hydrogen-bond donors (Lipinski definition) is 2. The van der Waals surface area contributed by atoms with Crippen molar-refractivity contribution >= 4 is 18.5 Å². The van der Waals surface area contributed by atoms with Gasteiger partial charge < -0.3 is 5.32 Å². The molecule has 0 saturated carbocycles. The summed E-state index contributed by atoms with van der Waals surface area (Å²) in [6.45, 7) is 2.94. The van der Waals surface area contributed by atoms with Gasteiger partial charge in [-0.1, -0.05) is 32.3 Å². The van der Waals surface area contributed by atoms with Crippen LogP contribution in [0.25, 0.3) is 0 Å². The zero-order chi connectivity index (χ0) is 11.8. The van der Waals surface area contributed by atoms with E-state index in [-0.39, 0.29) is 5.91 Å². The second kappa shape index (κ2) is 7.34. The summed E-state index contributed by atoms with van der Waals surface area (Å²) in [6, 6.07) is 7.29. The summed E-state index contributed by atoms with van der Waals surface area (Å²) in [7, 11) is 0. The Kier molecular flexibility index (Phi) is 6.01. The minimum Gasteiger partial charge on any atom is -0.352 e. The molecule has 88 valence electrons. The molecule has 1 amide bonds. The summed E-state index contributed by atoms with van der Waals surface area (Å²) < 4.78 is 0. The molecule has 1 aromatic carbocycles. The molecule has 0 aliphatic carbocycles. The van der Waals surface area contributed by atoms with Gasteiger partial charge in [0.2, 0.25) is 0 Å². The fourth-order valence-electron chi connectivity index (χ4n) is 1.50. The van der Waals surface area contributed by atoms with E-state index in [0.29, 0.717) is 5.56 Å². The third kappa shape index (κ3) is 4.71. The summed E-state index contributed by atoms with van der Waals surface area (Å²) >= 11 is 4.21. The summed E-state index contributed by atoms with van der Waals surface area (Å²) in [6.07, 6.45) is 4.70. The Balaban J connectivity index is 2.30. The third-order valence-electron chi connectivity index (χ3n) is 2.42. The van der Waals surface area contributed by atoms with Crippen LogP contribution in [0, 0.1) is 0 Å². The molecule has 0 aliphatic heterocycles. The van der Waals surface area contributed by atoms with Gasteiger partial charge in [-0.25, -0.2) is 0 Å². The van der Waals surface area contributed by atoms with Crippen LogP contribution in [0.2, 0.25) is 0 Å². The molecule has 0 aliphatic rings. The van der Waals surface area contributed by atoms with Crippen LogP contribution in [-0.4, -0.2) is 12.5 Å². The van der Waals surface area contributed by atoms with E-state index in [1.807, 2.05) is 12.1 Å². The van der Waals surface area contributed by atoms with Crippen molar-refractivity contribution in [2.45, 2.75) is 37.5 Å². The lowest BCUT2D eigenvalue weighted by molar-refractivity contribution is 0.0952. The van der Waals surface area contributed by atoms with Crippen LogP contribution < -0.4 is 5.32 Å². The second-order valence-corrected chi connectivity index (χ2v) is 4.38. The van der Waals surface area contributed by atoms with Crippen molar-refractivity contribution in [1.82, 2.24) is 5.32 Å². The Morgan fingerprint density at radius 1 is 1.31 bits per heavy atom. The molecule has 0 heterocycles. The highest BCUT2D eigenvalue weighted by Gasteiger charge is 2.03. The average Bonchev–Trinajstić information content (AvgIpc) is 2.28. The van der Waals surface area contributed by atoms with E-state index in [1.165, 1.54) is 19.3 Å². The lowest BCUT2D eigenvalue weighted by Gasteiger charge is -2.05. The largest absolute Gasteiger partial charge is 0.352 e. The topological polar surface area (TPSA) is 29.1 Å². The Morgan fingerprint density at radius 3 is 2.81 bits per heavy atom. The molecule has 2 nitrogen and oxygen atoms in total. The van der Waals surface area contributed by atoms with Crippen LogP contribution in [0.4, 0.5) is 0 Å². The Bertz CT molecular complexity index is 338. The monoisotopic (exact) mass is 237 g/mol. The molecule has 16 heavy (non-hydrogen) atoms. The van der Waals surface area contributed by atoms with Gasteiger partial charge in [0.1, 0.15) is 0 Å². The van der Waals surface area contributed by atoms with Crippen LogP contribution in [-0.2, 0) is 0 Å². The van der Waals surface area contributed by atoms with Gasteiger partial charge in [-0.3, -0.25) is 4.79 Å². The number of amides is 1. The smallest absolute Gasteiger partial charge is 0.251 e. The standard InChI is InChI=1S/C13H19NOS/c1-2-3-4-5-9-14-13(15)11-7-6-8-12(16)10-11/h6-8,10,16H,2-5,9H2,1H3,(H,14,15). The molecule has 1 N–H and O–H groups in total. The average molecular weight is 237 g/mol. The first-order chi connectivity index (χ1) is 7.74. The summed E-state index contributed by atoms with van der Waals surface area (Å²) in [5.74, 6) is -0.00704. The predicted octanol–water partition coefficient (Wildman–Crippen LogP) is 3.29. The zero-order valence-electron chi connectivity index (χ0n) is 9.70. The lowest BCUT2D eigenvalue weighted by atomic mass is 10.2. The summed E-state index contributed by atoms with van der Waals surface area (Å²) in [5, 5.41) is 2.91. The fourth-order valence-corrected chi connectivity index (χ4v) is 1.73. The van der Waals surface area contributed by atoms with Crippen LogP contribution >= 0.6 is 12.6 Å². The fraction of sp³-hybridized carbons (Fsp3) is 0.462. The minimum atomic E-state index is -0.00704. The van der Waals surface area contributed by atoms with E-state index in [1.54, 1.807) is 12.1 Å². The maximum atomic E-state index is 11.7. The molecule has 0 bridgehead atoms. The highest BCUT2D eigenvalue weighted by molar-refractivity contribution is 7.80. The molecular weight excluding hydrogens is 218 g/mol. The van der Waals surface area contributed by atoms with Gasteiger partial charge in [0.05, 0.1) is 0 Å². The highest BCUT2D eigenvalue weighted by atomic mass is 32.1. The van der Waals surface area contributed by atoms with Crippen molar-refractivity contribution in [2.75, 3.05) is 6.54 Å². The zero-order valence-corrected chi connectivity index (χ0v) is 10.6. The number of benzene rings is 1. The van der Waals surface area contributed by atoms with Crippen LogP contribution in [0.3, 0.4) is 0 Å². The van der Waals surface area contributed by atoms with Gasteiger partial charge in [-0.05, 0) is 24.6 Å². The van der Waals surface area contributed by atoms with Gasteiger partial charge in [0, 0.05) is 17.0 Å². The van der Waals surface area contributed by atoms with Crippen LogP contribution in [0.1, 0.15) is 43.0 Å². The Hall–Kier alpha value is -0.960. The Labute approximate surface area is 103 Å². The Morgan fingerprint density at radius 2 is 2.12 bits per heavy atom. The van der Waals surface area contributed by atoms with Crippen LogP contribution in [0.5, 0.6) is 0 Å². The maximum Gasteiger partial charge on any atom is 0.251 e.